The molecule has 1 aromatic carbocycles. The monoisotopic (exact) mass is 246 g/mol. The van der Waals surface area contributed by atoms with E-state index in [1.165, 1.54) is 21.9 Å². The van der Waals surface area contributed by atoms with Gasteiger partial charge in [-0.05, 0) is 37.3 Å². The fraction of sp³-hybridized carbons (Fsp3) is 0.154. The largest absolute Gasteiger partial charge is 0.380 e. The van der Waals surface area contributed by atoms with Crippen LogP contribution in [0.25, 0.3) is 0 Å². The molecular weight excluding hydrogens is 235 g/mol. The normalized spacial score (nSPS) is 9.94. The Bertz CT molecular complexity index is 569. The third-order valence-corrected chi connectivity index (χ3v) is 3.35. The predicted molar refractivity (Wildman–Crippen MR) is 67.5 cm³/mol. The van der Waals surface area contributed by atoms with Crippen LogP contribution in [0.3, 0.4) is 0 Å². The first-order chi connectivity index (χ1) is 8.19. The van der Waals surface area contributed by atoms with Crippen LogP contribution in [0, 0.1) is 24.1 Å². The lowest BCUT2D eigenvalue weighted by molar-refractivity contribution is 0.624. The Morgan fingerprint density at radius 2 is 2.18 bits per heavy atom. The topological polar surface area (TPSA) is 35.8 Å². The van der Waals surface area contributed by atoms with Gasteiger partial charge in [-0.1, -0.05) is 0 Å². The van der Waals surface area contributed by atoms with E-state index in [0.29, 0.717) is 12.2 Å². The summed E-state index contributed by atoms with van der Waals surface area (Å²) in [6.45, 7) is 2.72. The molecule has 0 atom stereocenters. The van der Waals surface area contributed by atoms with Gasteiger partial charge < -0.3 is 5.32 Å². The number of aryl methyl sites for hydroxylation is 1. The van der Waals surface area contributed by atoms with E-state index in [9.17, 15) is 4.39 Å². The van der Waals surface area contributed by atoms with Gasteiger partial charge in [0, 0.05) is 22.0 Å². The van der Waals surface area contributed by atoms with Crippen molar-refractivity contribution < 1.29 is 4.39 Å². The summed E-state index contributed by atoms with van der Waals surface area (Å²) >= 11 is 1.71. The van der Waals surface area contributed by atoms with Crippen molar-refractivity contribution in [3.8, 4) is 6.07 Å². The third-order valence-electron chi connectivity index (χ3n) is 2.35. The maximum atomic E-state index is 13.3. The van der Waals surface area contributed by atoms with Crippen molar-refractivity contribution in [2.75, 3.05) is 5.32 Å². The second kappa shape index (κ2) is 4.98. The molecule has 86 valence electrons. The lowest BCUT2D eigenvalue weighted by Crippen LogP contribution is -1.98. The zero-order valence-electron chi connectivity index (χ0n) is 9.33. The summed E-state index contributed by atoms with van der Waals surface area (Å²) in [6.07, 6.45) is 0. The lowest BCUT2D eigenvalue weighted by atomic mass is 10.2. The number of nitrogens with one attached hydrogen (secondary N) is 1. The minimum absolute atomic E-state index is 0.0718. The molecule has 0 spiro atoms. The molecular formula is C13H11FN2S. The first-order valence-corrected chi connectivity index (χ1v) is 5.99. The number of anilines is 1. The van der Waals surface area contributed by atoms with E-state index in [2.05, 4.69) is 18.3 Å². The van der Waals surface area contributed by atoms with Crippen LogP contribution in [-0.2, 0) is 6.54 Å². The number of nitriles is 1. The summed E-state index contributed by atoms with van der Waals surface area (Å²) in [5, 5.41) is 11.7. The van der Waals surface area contributed by atoms with Gasteiger partial charge in [0.25, 0.3) is 0 Å². The van der Waals surface area contributed by atoms with Crippen molar-refractivity contribution >= 4 is 17.0 Å². The summed E-state index contributed by atoms with van der Waals surface area (Å²) in [6, 6.07) is 10.4. The van der Waals surface area contributed by atoms with Crippen LogP contribution in [0.5, 0.6) is 0 Å². The molecule has 2 rings (SSSR count). The van der Waals surface area contributed by atoms with Crippen LogP contribution < -0.4 is 5.32 Å². The molecule has 0 saturated carbocycles. The molecule has 4 heteroatoms. The molecule has 0 saturated heterocycles. The fourth-order valence-corrected chi connectivity index (χ4v) is 2.32. The second-order valence-electron chi connectivity index (χ2n) is 3.67. The van der Waals surface area contributed by atoms with Crippen LogP contribution in [0.4, 0.5) is 10.1 Å². The smallest absolute Gasteiger partial charge is 0.143 e. The number of hydrogen-bond donors (Lipinski definition) is 1. The Balaban J connectivity index is 2.05. The van der Waals surface area contributed by atoms with E-state index < -0.39 is 5.82 Å². The Hall–Kier alpha value is -1.86. The van der Waals surface area contributed by atoms with Crippen molar-refractivity contribution in [2.45, 2.75) is 13.5 Å². The highest BCUT2D eigenvalue weighted by Gasteiger charge is 2.03. The van der Waals surface area contributed by atoms with Gasteiger partial charge in [-0.25, -0.2) is 4.39 Å². The van der Waals surface area contributed by atoms with Gasteiger partial charge in [0.05, 0.1) is 5.56 Å². The van der Waals surface area contributed by atoms with Crippen LogP contribution in [0.15, 0.2) is 30.3 Å². The Morgan fingerprint density at radius 3 is 2.76 bits per heavy atom. The van der Waals surface area contributed by atoms with E-state index >= 15 is 0 Å². The predicted octanol–water partition coefficient (Wildman–Crippen LogP) is 3.68. The van der Waals surface area contributed by atoms with E-state index in [4.69, 9.17) is 5.26 Å². The summed E-state index contributed by atoms with van der Waals surface area (Å²) in [7, 11) is 0. The molecule has 0 fully saturated rings. The zero-order chi connectivity index (χ0) is 12.3. The van der Waals surface area contributed by atoms with E-state index in [0.717, 1.165) is 0 Å². The van der Waals surface area contributed by atoms with Crippen molar-refractivity contribution in [3.63, 3.8) is 0 Å². The highest BCUT2D eigenvalue weighted by molar-refractivity contribution is 7.11. The Kier molecular flexibility index (Phi) is 3.40. The first kappa shape index (κ1) is 11.6. The fourth-order valence-electron chi connectivity index (χ4n) is 1.49. The molecule has 0 bridgehead atoms. The minimum Gasteiger partial charge on any atom is -0.380 e. The van der Waals surface area contributed by atoms with Gasteiger partial charge in [-0.2, -0.15) is 5.26 Å². The lowest BCUT2D eigenvalue weighted by Gasteiger charge is -2.05. The van der Waals surface area contributed by atoms with Crippen LogP contribution in [-0.4, -0.2) is 0 Å². The molecule has 0 unspecified atom stereocenters. The van der Waals surface area contributed by atoms with E-state index in [-0.39, 0.29) is 5.56 Å². The molecule has 0 aliphatic carbocycles. The molecule has 0 radical (unpaired) electrons. The van der Waals surface area contributed by atoms with Crippen molar-refractivity contribution in [1.29, 1.82) is 5.26 Å². The van der Waals surface area contributed by atoms with Gasteiger partial charge in [-0.15, -0.1) is 11.3 Å². The van der Waals surface area contributed by atoms with Crippen molar-refractivity contribution in [3.05, 3.63) is 51.5 Å². The molecule has 0 amide bonds. The molecule has 1 N–H and O–H groups in total. The SMILES string of the molecule is Cc1ccc(CNc2ccc(C#N)c(F)c2)s1. The van der Waals surface area contributed by atoms with E-state index in [1.54, 1.807) is 23.5 Å². The summed E-state index contributed by atoms with van der Waals surface area (Å²) in [5.41, 5.74) is 0.759. The molecule has 1 heterocycles. The standard InChI is InChI=1S/C13H11FN2S/c1-9-2-5-12(17-9)8-16-11-4-3-10(7-15)13(14)6-11/h2-6,16H,8H2,1H3. The van der Waals surface area contributed by atoms with Gasteiger partial charge in [0.15, 0.2) is 0 Å². The minimum atomic E-state index is -0.486. The average molecular weight is 246 g/mol. The maximum Gasteiger partial charge on any atom is 0.143 e. The Morgan fingerprint density at radius 1 is 1.35 bits per heavy atom. The summed E-state index contributed by atoms with van der Waals surface area (Å²) < 4.78 is 13.3. The molecule has 2 nitrogen and oxygen atoms in total. The summed E-state index contributed by atoms with van der Waals surface area (Å²) in [4.78, 5) is 2.46. The average Bonchev–Trinajstić information content (AvgIpc) is 2.73. The highest BCUT2D eigenvalue weighted by Crippen LogP contribution is 2.18. The van der Waals surface area contributed by atoms with Crippen molar-refractivity contribution in [1.82, 2.24) is 0 Å². The molecule has 2 aromatic rings. The maximum absolute atomic E-state index is 13.3. The highest BCUT2D eigenvalue weighted by atomic mass is 32.1. The van der Waals surface area contributed by atoms with Gasteiger partial charge in [-0.3, -0.25) is 0 Å². The number of thiophene rings is 1. The number of halogens is 1. The Labute approximate surface area is 103 Å². The van der Waals surface area contributed by atoms with Gasteiger partial charge >= 0.3 is 0 Å². The number of rotatable bonds is 3. The quantitative estimate of drug-likeness (QED) is 0.896. The number of hydrogen-bond acceptors (Lipinski definition) is 3. The van der Waals surface area contributed by atoms with Crippen LogP contribution >= 0.6 is 11.3 Å². The molecule has 1 aromatic heterocycles. The number of benzene rings is 1. The summed E-state index contributed by atoms with van der Waals surface area (Å²) in [5.74, 6) is -0.486. The number of nitrogens with zero attached hydrogens (tertiary/aromatic N) is 1. The van der Waals surface area contributed by atoms with Gasteiger partial charge in [0.2, 0.25) is 0 Å². The molecule has 0 aliphatic heterocycles. The first-order valence-electron chi connectivity index (χ1n) is 5.18. The van der Waals surface area contributed by atoms with E-state index in [1.807, 2.05) is 6.07 Å². The molecule has 0 aliphatic rings. The third kappa shape index (κ3) is 2.83. The zero-order valence-corrected chi connectivity index (χ0v) is 10.1. The van der Waals surface area contributed by atoms with Crippen molar-refractivity contribution in [2.24, 2.45) is 0 Å². The van der Waals surface area contributed by atoms with Gasteiger partial charge in [0.1, 0.15) is 11.9 Å². The van der Waals surface area contributed by atoms with Crippen LogP contribution in [0.2, 0.25) is 0 Å². The van der Waals surface area contributed by atoms with Crippen LogP contribution in [0.1, 0.15) is 15.3 Å². The second-order valence-corrected chi connectivity index (χ2v) is 5.04. The molecule has 17 heavy (non-hydrogen) atoms.